The second-order valence-electron chi connectivity index (χ2n) is 22.7. The number of halogens is 3. The quantitative estimate of drug-likeness (QED) is 0.163. The van der Waals surface area contributed by atoms with E-state index in [-0.39, 0.29) is 59.5 Å². The number of benzene rings is 2. The van der Waals surface area contributed by atoms with Gasteiger partial charge in [0.1, 0.15) is 6.23 Å². The van der Waals surface area contributed by atoms with E-state index in [1.165, 1.54) is 75.2 Å². The molecule has 3 atom stereocenters. The summed E-state index contributed by atoms with van der Waals surface area (Å²) in [5, 5.41) is 13.3. The number of carbonyl (C=O) groups excluding carboxylic acids is 2. The third kappa shape index (κ3) is 12.5. The first-order valence-corrected chi connectivity index (χ1v) is 32.7. The molecule has 5 heterocycles. The Hall–Kier alpha value is -2.73. The molecule has 396 valence electrons. The summed E-state index contributed by atoms with van der Waals surface area (Å²) in [5.74, 6) is 0.253. The van der Waals surface area contributed by atoms with Crippen molar-refractivity contribution in [1.82, 2.24) is 29.8 Å². The molecule has 0 spiro atoms. The Morgan fingerprint density at radius 2 is 1.22 bits per heavy atom. The van der Waals surface area contributed by atoms with Crippen LogP contribution in [0.2, 0.25) is 0 Å². The Labute approximate surface area is 474 Å². The number of hydrogen-bond acceptors (Lipinski definition) is 9. The highest BCUT2D eigenvalue weighted by Crippen LogP contribution is 2.44. The molecule has 2 amide bonds. The van der Waals surface area contributed by atoms with Gasteiger partial charge in [0.05, 0.1) is 49.9 Å². The molecule has 3 aliphatic heterocycles. The number of nitrogens with zero attached hydrogens (tertiary/aromatic N) is 7. The molecule has 1 unspecified atom stereocenters. The van der Waals surface area contributed by atoms with E-state index in [0.717, 1.165) is 107 Å². The van der Waals surface area contributed by atoms with Crippen LogP contribution < -0.4 is 9.80 Å². The number of hydrogen-bond donors (Lipinski definition) is 1. The number of morpholine rings is 2. The Morgan fingerprint density at radius 1 is 0.712 bits per heavy atom. The van der Waals surface area contributed by atoms with Gasteiger partial charge in [0.25, 0.3) is 0 Å². The number of fused-ring (bicyclic) bond motifs is 4. The molecule has 4 aliphatic carbocycles. The number of carbonyl (C=O) groups is 2. The summed E-state index contributed by atoms with van der Waals surface area (Å²) in [6.45, 7) is 20.3. The van der Waals surface area contributed by atoms with Gasteiger partial charge in [0, 0.05) is 131 Å². The van der Waals surface area contributed by atoms with Crippen molar-refractivity contribution in [3.05, 3.63) is 92.6 Å². The Morgan fingerprint density at radius 3 is 1.74 bits per heavy atom. The maximum Gasteiger partial charge on any atom is 0.243 e. The van der Waals surface area contributed by atoms with E-state index in [0.29, 0.717) is 31.8 Å². The summed E-state index contributed by atoms with van der Waals surface area (Å²) in [5.41, 5.74) is 17.9. The molecule has 1 N–H and O–H groups in total. The summed E-state index contributed by atoms with van der Waals surface area (Å²) in [6.07, 6.45) is 16.4. The SMILES string of the molecule is C[C@@H](C(=O)N(C)c1ccc2c(c1)CC(c1n[nH]c3c1CCC(C)(C)C3)=C2)N1CCOCC1.C[C@@H](C(=O)N(C)c1ccc2c(c1)CC(c1nn(C3CCCCO3)c3c1CCC(C)(C)C3)=C2)N1CCOCC1.I.II. The van der Waals surface area contributed by atoms with Crippen LogP contribution in [-0.2, 0) is 62.3 Å². The lowest BCUT2D eigenvalue weighted by molar-refractivity contribution is -0.125. The molecule has 0 radical (unpaired) electrons. The van der Waals surface area contributed by atoms with Crippen LogP contribution >= 0.6 is 61.2 Å². The molecule has 13 nitrogen and oxygen atoms in total. The number of ether oxygens (including phenoxy) is 3. The van der Waals surface area contributed by atoms with Crippen LogP contribution in [0, 0.1) is 10.8 Å². The summed E-state index contributed by atoms with van der Waals surface area (Å²) in [4.78, 5) is 34.5. The smallest absolute Gasteiger partial charge is 0.243 e. The standard InChI is InChI=1S/C31H42N4O3.C26H34N4O2.I2.HI/c1-21(34-12-15-37-16-13-34)30(36)33(4)25-9-8-22-17-24(18-23(22)19-25)29-26-10-11-31(2,3)20-27(26)35(32-29)28-7-5-6-14-38-28;1-17(30-9-11-32-12-10-30)25(31)29(4)21-6-5-18-13-20(14-19(18)15-21)24-22-7-8-26(2,3)16-23(22)27-28-24;1-2;/h8-9,17,19,21,28H,5-7,10-16,18,20H2,1-4H3;5-6,13,15,17H,7-12,14,16H2,1-4H3,(H,27,28);;1H/t21-,28?;17-;;/m00../s1. The van der Waals surface area contributed by atoms with E-state index in [4.69, 9.17) is 24.4 Å². The number of nitrogens with one attached hydrogen (secondary N) is 1. The van der Waals surface area contributed by atoms with Crippen molar-refractivity contribution >= 4 is 108 Å². The van der Waals surface area contributed by atoms with Crippen LogP contribution in [-0.4, -0.2) is 127 Å². The Kier molecular flexibility index (Phi) is 18.8. The zero-order valence-corrected chi connectivity index (χ0v) is 51.0. The fourth-order valence-electron chi connectivity index (χ4n) is 11.9. The van der Waals surface area contributed by atoms with Gasteiger partial charge in [-0.3, -0.25) is 24.5 Å². The van der Waals surface area contributed by atoms with Gasteiger partial charge >= 0.3 is 0 Å². The largest absolute Gasteiger partial charge is 0.379 e. The molecule has 3 fully saturated rings. The van der Waals surface area contributed by atoms with Gasteiger partial charge < -0.3 is 24.0 Å². The van der Waals surface area contributed by atoms with E-state index in [9.17, 15) is 9.59 Å². The van der Waals surface area contributed by atoms with Crippen LogP contribution in [0.25, 0.3) is 23.3 Å². The number of aromatic nitrogens is 4. The van der Waals surface area contributed by atoms with E-state index >= 15 is 0 Å². The van der Waals surface area contributed by atoms with Crippen molar-refractivity contribution in [3.63, 3.8) is 0 Å². The highest BCUT2D eigenvalue weighted by Gasteiger charge is 2.36. The topological polar surface area (TPSA) is 121 Å². The number of anilines is 2. The molecule has 2 aromatic carbocycles. The normalized spacial score (nSPS) is 21.7. The van der Waals surface area contributed by atoms with Gasteiger partial charge in [0.15, 0.2) is 0 Å². The predicted octanol–water partition coefficient (Wildman–Crippen LogP) is 11.0. The zero-order chi connectivity index (χ0) is 50.9. The summed E-state index contributed by atoms with van der Waals surface area (Å²) in [7, 11) is 3.78. The minimum Gasteiger partial charge on any atom is -0.379 e. The fourth-order valence-corrected chi connectivity index (χ4v) is 11.9. The second-order valence-corrected chi connectivity index (χ2v) is 22.7. The third-order valence-corrected chi connectivity index (χ3v) is 16.5. The molecule has 4 aromatic rings. The molecule has 0 bridgehead atoms. The molecule has 11 rings (SSSR count). The number of H-pyrrole nitrogens is 1. The molecular weight excluding hydrogens is 1260 g/mol. The second kappa shape index (κ2) is 24.3. The molecule has 3 saturated heterocycles. The summed E-state index contributed by atoms with van der Waals surface area (Å²) >= 11 is 4.24. The van der Waals surface area contributed by atoms with Crippen LogP contribution in [0.4, 0.5) is 11.4 Å². The maximum absolute atomic E-state index is 13.3. The lowest BCUT2D eigenvalue weighted by Crippen LogP contribution is -2.50. The molecule has 73 heavy (non-hydrogen) atoms. The van der Waals surface area contributed by atoms with Gasteiger partial charge in [-0.15, -0.1) is 24.0 Å². The van der Waals surface area contributed by atoms with Crippen molar-refractivity contribution in [2.45, 2.75) is 130 Å². The minimum atomic E-state index is -0.160. The van der Waals surface area contributed by atoms with Crippen LogP contribution in [0.15, 0.2) is 36.4 Å². The van der Waals surface area contributed by atoms with E-state index in [2.05, 4.69) is 133 Å². The lowest BCUT2D eigenvalue weighted by Gasteiger charge is -2.33. The van der Waals surface area contributed by atoms with Crippen molar-refractivity contribution in [1.29, 1.82) is 0 Å². The predicted molar refractivity (Wildman–Crippen MR) is 321 cm³/mol. The van der Waals surface area contributed by atoms with Gasteiger partial charge in [-0.25, -0.2) is 4.68 Å². The van der Waals surface area contributed by atoms with Crippen LogP contribution in [0.1, 0.15) is 136 Å². The average Bonchev–Trinajstić information content (AvgIpc) is 4.21. The summed E-state index contributed by atoms with van der Waals surface area (Å²) in [6, 6.07) is 12.5. The first-order chi connectivity index (χ1) is 34.6. The van der Waals surface area contributed by atoms with Crippen molar-refractivity contribution in [2.75, 3.05) is 83.1 Å². The van der Waals surface area contributed by atoms with Crippen molar-refractivity contribution in [2.24, 2.45) is 10.8 Å². The Bertz CT molecular complexity index is 2670. The van der Waals surface area contributed by atoms with E-state index < -0.39 is 0 Å². The molecular formula is C57H77I3N8O5. The first-order valence-electron chi connectivity index (χ1n) is 26.4. The van der Waals surface area contributed by atoms with Crippen LogP contribution in [0.3, 0.4) is 0 Å². The van der Waals surface area contributed by atoms with Crippen molar-refractivity contribution < 1.29 is 23.8 Å². The van der Waals surface area contributed by atoms with E-state index in [1.807, 2.05) is 32.8 Å². The number of amides is 2. The number of rotatable bonds is 9. The van der Waals surface area contributed by atoms with Crippen LogP contribution in [0.5, 0.6) is 0 Å². The maximum atomic E-state index is 13.3. The number of likely N-dealkylation sites (N-methyl/N-ethyl adjacent to an activating group) is 2. The Balaban J connectivity index is 0.000000189. The lowest BCUT2D eigenvalue weighted by atomic mass is 9.76. The highest BCUT2D eigenvalue weighted by molar-refractivity contribution is 15.0. The number of allylic oxidation sites excluding steroid dienone is 2. The highest BCUT2D eigenvalue weighted by atomic mass is 128. The van der Waals surface area contributed by atoms with Gasteiger partial charge in [0.2, 0.25) is 11.8 Å². The third-order valence-electron chi connectivity index (χ3n) is 16.5. The molecule has 16 heteroatoms. The monoisotopic (exact) mass is 1330 g/mol. The van der Waals surface area contributed by atoms with Gasteiger partial charge in [-0.2, -0.15) is 10.2 Å². The van der Waals surface area contributed by atoms with E-state index in [1.54, 1.807) is 4.90 Å². The summed E-state index contributed by atoms with van der Waals surface area (Å²) < 4.78 is 19.3. The minimum absolute atomic E-state index is 0. The van der Waals surface area contributed by atoms with Gasteiger partial charge in [-0.05, 0) is 152 Å². The zero-order valence-electron chi connectivity index (χ0n) is 44.3. The molecule has 2 aromatic heterocycles. The number of aromatic amines is 1. The first kappa shape index (κ1) is 56.5. The fraction of sp³-hybridized carbons (Fsp3) is 0.579. The molecule has 0 saturated carbocycles. The van der Waals surface area contributed by atoms with Crippen molar-refractivity contribution in [3.8, 4) is 0 Å². The van der Waals surface area contributed by atoms with Gasteiger partial charge in [-0.1, -0.05) is 39.8 Å². The average molecular weight is 1340 g/mol. The molecule has 7 aliphatic rings.